The average molecular weight is 246 g/mol. The van der Waals surface area contributed by atoms with Gasteiger partial charge in [-0.15, -0.1) is 0 Å². The van der Waals surface area contributed by atoms with Crippen molar-refractivity contribution >= 4 is 15.9 Å². The molecule has 1 aromatic heterocycles. The van der Waals surface area contributed by atoms with Gasteiger partial charge in [0.2, 0.25) is 0 Å². The fourth-order valence-corrected chi connectivity index (χ4v) is 1.15. The highest BCUT2D eigenvalue weighted by molar-refractivity contribution is 9.10. The summed E-state index contributed by atoms with van der Waals surface area (Å²) in [4.78, 5) is 4.08. The first kappa shape index (κ1) is 10.6. The lowest BCUT2D eigenvalue weighted by atomic mass is 10.1. The number of hydrogen-bond acceptors (Lipinski definition) is 3. The van der Waals surface area contributed by atoms with Crippen molar-refractivity contribution in [3.63, 3.8) is 0 Å². The number of aromatic nitrogens is 1. The highest BCUT2D eigenvalue weighted by Gasteiger charge is 2.11. The van der Waals surface area contributed by atoms with Crippen LogP contribution < -0.4 is 0 Å². The van der Waals surface area contributed by atoms with Gasteiger partial charge in [0.1, 0.15) is 0 Å². The molecule has 0 aliphatic heterocycles. The van der Waals surface area contributed by atoms with Gasteiger partial charge < -0.3 is 10.2 Å². The summed E-state index contributed by atoms with van der Waals surface area (Å²) in [5.41, 5.74) is 0.775. The summed E-state index contributed by atoms with van der Waals surface area (Å²) in [5.74, 6) is 0. The van der Waals surface area contributed by atoms with E-state index in [0.717, 1.165) is 10.2 Å². The lowest BCUT2D eigenvalue weighted by molar-refractivity contribution is 0.0314. The minimum atomic E-state index is -0.742. The van der Waals surface area contributed by atoms with Gasteiger partial charge in [0, 0.05) is 22.8 Å². The molecule has 1 aromatic rings. The standard InChI is InChI=1S/C9H12BrNO2/c1-6(12)9(13)4-8-3-2-7(10)5-11-8/h2-3,5-6,9,12-13H,4H2,1H3. The molecule has 0 amide bonds. The molecule has 2 unspecified atom stereocenters. The minimum Gasteiger partial charge on any atom is -0.391 e. The van der Waals surface area contributed by atoms with Crippen LogP contribution in [0.15, 0.2) is 22.8 Å². The maximum atomic E-state index is 9.35. The Morgan fingerprint density at radius 3 is 2.62 bits per heavy atom. The van der Waals surface area contributed by atoms with Crippen LogP contribution in [0, 0.1) is 0 Å². The van der Waals surface area contributed by atoms with Gasteiger partial charge in [-0.1, -0.05) is 0 Å². The van der Waals surface area contributed by atoms with Crippen molar-refractivity contribution in [1.82, 2.24) is 4.98 Å². The van der Waals surface area contributed by atoms with Crippen molar-refractivity contribution < 1.29 is 10.2 Å². The van der Waals surface area contributed by atoms with E-state index in [1.807, 2.05) is 12.1 Å². The molecule has 72 valence electrons. The number of rotatable bonds is 3. The first-order valence-corrected chi connectivity index (χ1v) is 4.85. The SMILES string of the molecule is CC(O)C(O)Cc1ccc(Br)cn1. The second kappa shape index (κ2) is 4.69. The predicted molar refractivity (Wildman–Crippen MR) is 53.3 cm³/mol. The number of hydrogen-bond donors (Lipinski definition) is 2. The van der Waals surface area contributed by atoms with E-state index < -0.39 is 12.2 Å². The van der Waals surface area contributed by atoms with Gasteiger partial charge in [0.05, 0.1) is 12.2 Å². The lowest BCUT2D eigenvalue weighted by Crippen LogP contribution is -2.25. The van der Waals surface area contributed by atoms with Crippen LogP contribution in [-0.2, 0) is 6.42 Å². The molecule has 2 N–H and O–H groups in total. The second-order valence-electron chi connectivity index (χ2n) is 2.98. The quantitative estimate of drug-likeness (QED) is 0.840. The smallest absolute Gasteiger partial charge is 0.0851 e. The molecule has 0 bridgehead atoms. The Labute approximate surface area is 85.6 Å². The van der Waals surface area contributed by atoms with E-state index in [2.05, 4.69) is 20.9 Å². The van der Waals surface area contributed by atoms with E-state index in [1.165, 1.54) is 0 Å². The number of aliphatic hydroxyl groups excluding tert-OH is 2. The number of pyridine rings is 1. The largest absolute Gasteiger partial charge is 0.391 e. The molecule has 4 heteroatoms. The van der Waals surface area contributed by atoms with Crippen LogP contribution in [0.3, 0.4) is 0 Å². The Hall–Kier alpha value is -0.450. The van der Waals surface area contributed by atoms with Crippen molar-refractivity contribution in [2.75, 3.05) is 0 Å². The topological polar surface area (TPSA) is 53.4 Å². The van der Waals surface area contributed by atoms with Crippen LogP contribution in [-0.4, -0.2) is 27.4 Å². The minimum absolute atomic E-state index is 0.380. The zero-order chi connectivity index (χ0) is 9.84. The molecular formula is C9H12BrNO2. The normalized spacial score (nSPS) is 15.4. The first-order valence-electron chi connectivity index (χ1n) is 4.06. The highest BCUT2D eigenvalue weighted by Crippen LogP contribution is 2.09. The highest BCUT2D eigenvalue weighted by atomic mass is 79.9. The van der Waals surface area contributed by atoms with Crippen molar-refractivity contribution in [3.05, 3.63) is 28.5 Å². The zero-order valence-corrected chi connectivity index (χ0v) is 8.90. The molecule has 0 aromatic carbocycles. The summed E-state index contributed by atoms with van der Waals surface area (Å²) in [6.07, 6.45) is 0.591. The maximum absolute atomic E-state index is 9.35. The van der Waals surface area contributed by atoms with Gasteiger partial charge >= 0.3 is 0 Å². The van der Waals surface area contributed by atoms with Crippen LogP contribution in [0.2, 0.25) is 0 Å². The Morgan fingerprint density at radius 2 is 2.15 bits per heavy atom. The summed E-state index contributed by atoms with van der Waals surface area (Å²) in [6.45, 7) is 1.56. The van der Waals surface area contributed by atoms with Crippen molar-refractivity contribution in [2.24, 2.45) is 0 Å². The van der Waals surface area contributed by atoms with E-state index >= 15 is 0 Å². The van der Waals surface area contributed by atoms with Gasteiger partial charge in [-0.3, -0.25) is 4.98 Å². The monoisotopic (exact) mass is 245 g/mol. The molecular weight excluding hydrogens is 234 g/mol. The molecule has 1 heterocycles. The van der Waals surface area contributed by atoms with E-state index in [1.54, 1.807) is 13.1 Å². The molecule has 13 heavy (non-hydrogen) atoms. The van der Waals surface area contributed by atoms with E-state index in [0.29, 0.717) is 6.42 Å². The average Bonchev–Trinajstić information content (AvgIpc) is 2.08. The summed E-state index contributed by atoms with van der Waals surface area (Å²) in [5, 5.41) is 18.4. The molecule has 0 aliphatic carbocycles. The Morgan fingerprint density at radius 1 is 1.46 bits per heavy atom. The second-order valence-corrected chi connectivity index (χ2v) is 3.90. The van der Waals surface area contributed by atoms with Crippen LogP contribution in [0.1, 0.15) is 12.6 Å². The zero-order valence-electron chi connectivity index (χ0n) is 7.31. The molecule has 3 nitrogen and oxygen atoms in total. The first-order chi connectivity index (χ1) is 6.09. The molecule has 0 radical (unpaired) electrons. The van der Waals surface area contributed by atoms with E-state index in [4.69, 9.17) is 5.11 Å². The summed E-state index contributed by atoms with van der Waals surface area (Å²) in [6, 6.07) is 3.67. The molecule has 0 fully saturated rings. The van der Waals surface area contributed by atoms with Crippen LogP contribution in [0.4, 0.5) is 0 Å². The Balaban J connectivity index is 2.59. The van der Waals surface area contributed by atoms with Crippen molar-refractivity contribution in [3.8, 4) is 0 Å². The van der Waals surface area contributed by atoms with E-state index in [-0.39, 0.29) is 0 Å². The Bertz CT molecular complexity index is 261. The van der Waals surface area contributed by atoms with Crippen LogP contribution in [0.25, 0.3) is 0 Å². The lowest BCUT2D eigenvalue weighted by Gasteiger charge is -2.12. The van der Waals surface area contributed by atoms with Gasteiger partial charge in [-0.05, 0) is 35.0 Å². The summed E-state index contributed by atoms with van der Waals surface area (Å²) < 4.78 is 0.905. The van der Waals surface area contributed by atoms with Crippen molar-refractivity contribution in [2.45, 2.75) is 25.6 Å². The molecule has 0 spiro atoms. The molecule has 0 saturated heterocycles. The number of nitrogens with zero attached hydrogens (tertiary/aromatic N) is 1. The molecule has 0 saturated carbocycles. The fraction of sp³-hybridized carbons (Fsp3) is 0.444. The molecule has 1 rings (SSSR count). The third kappa shape index (κ3) is 3.42. The summed E-state index contributed by atoms with van der Waals surface area (Å²) >= 11 is 3.27. The Kier molecular flexibility index (Phi) is 3.84. The number of halogens is 1. The van der Waals surface area contributed by atoms with Gasteiger partial charge in [-0.25, -0.2) is 0 Å². The summed E-state index contributed by atoms with van der Waals surface area (Å²) in [7, 11) is 0. The maximum Gasteiger partial charge on any atom is 0.0851 e. The van der Waals surface area contributed by atoms with Gasteiger partial charge in [-0.2, -0.15) is 0 Å². The van der Waals surface area contributed by atoms with Crippen LogP contribution >= 0.6 is 15.9 Å². The van der Waals surface area contributed by atoms with Crippen LogP contribution in [0.5, 0.6) is 0 Å². The molecule has 2 atom stereocenters. The fourth-order valence-electron chi connectivity index (χ4n) is 0.912. The van der Waals surface area contributed by atoms with Gasteiger partial charge in [0.15, 0.2) is 0 Å². The predicted octanol–water partition coefficient (Wildman–Crippen LogP) is 1.13. The third-order valence-electron chi connectivity index (χ3n) is 1.76. The van der Waals surface area contributed by atoms with Crippen molar-refractivity contribution in [1.29, 1.82) is 0 Å². The molecule has 0 aliphatic rings. The van der Waals surface area contributed by atoms with Gasteiger partial charge in [0.25, 0.3) is 0 Å². The third-order valence-corrected chi connectivity index (χ3v) is 2.23. The number of aliphatic hydroxyl groups is 2. The van der Waals surface area contributed by atoms with E-state index in [9.17, 15) is 5.11 Å².